The van der Waals surface area contributed by atoms with Crippen molar-refractivity contribution in [3.05, 3.63) is 0 Å². The van der Waals surface area contributed by atoms with Crippen molar-refractivity contribution in [3.8, 4) is 0 Å². The first-order valence-corrected chi connectivity index (χ1v) is 2.82. The summed E-state index contributed by atoms with van der Waals surface area (Å²) in [5.74, 6) is 0. The Bertz CT molecular complexity index is 79.0. The van der Waals surface area contributed by atoms with E-state index in [1.165, 1.54) is 0 Å². The SMILES string of the molecule is C/N=N/CC(C)(C)C. The van der Waals surface area contributed by atoms with Gasteiger partial charge >= 0.3 is 0 Å². The summed E-state index contributed by atoms with van der Waals surface area (Å²) in [5, 5.41) is 7.51. The maximum absolute atomic E-state index is 3.87. The molecule has 0 saturated carbocycles. The van der Waals surface area contributed by atoms with Gasteiger partial charge in [-0.25, -0.2) is 0 Å². The lowest BCUT2D eigenvalue weighted by Gasteiger charge is -2.12. The Morgan fingerprint density at radius 3 is 1.88 bits per heavy atom. The van der Waals surface area contributed by atoms with Crippen molar-refractivity contribution >= 4 is 0 Å². The number of rotatable bonds is 1. The topological polar surface area (TPSA) is 24.7 Å². The van der Waals surface area contributed by atoms with Gasteiger partial charge in [-0.15, -0.1) is 0 Å². The van der Waals surface area contributed by atoms with Gasteiger partial charge in [-0.05, 0) is 5.41 Å². The second-order valence-corrected chi connectivity index (χ2v) is 3.06. The lowest BCUT2D eigenvalue weighted by molar-refractivity contribution is 0.421. The Morgan fingerprint density at radius 2 is 1.75 bits per heavy atom. The Morgan fingerprint density at radius 1 is 1.25 bits per heavy atom. The minimum Gasteiger partial charge on any atom is -0.198 e. The van der Waals surface area contributed by atoms with E-state index in [9.17, 15) is 0 Å². The first kappa shape index (κ1) is 7.60. The molecule has 0 radical (unpaired) electrons. The van der Waals surface area contributed by atoms with E-state index in [0.717, 1.165) is 6.54 Å². The largest absolute Gasteiger partial charge is 0.198 e. The zero-order chi connectivity index (χ0) is 6.62. The molecule has 0 aliphatic carbocycles. The van der Waals surface area contributed by atoms with Gasteiger partial charge in [-0.2, -0.15) is 10.2 Å². The lowest BCUT2D eigenvalue weighted by atomic mass is 9.98. The number of azo groups is 1. The Labute approximate surface area is 51.0 Å². The fraction of sp³-hybridized carbons (Fsp3) is 1.00. The standard InChI is InChI=1S/C6H14N2/c1-6(2,3)5-8-7-4/h5H2,1-4H3/b8-7+. The van der Waals surface area contributed by atoms with Crippen LogP contribution in [0.2, 0.25) is 0 Å². The van der Waals surface area contributed by atoms with Crippen LogP contribution in [0.1, 0.15) is 20.8 Å². The highest BCUT2D eigenvalue weighted by atomic mass is 15.1. The van der Waals surface area contributed by atoms with Crippen LogP contribution in [-0.2, 0) is 0 Å². The zero-order valence-electron chi connectivity index (χ0n) is 6.10. The molecule has 0 heterocycles. The van der Waals surface area contributed by atoms with Crippen LogP contribution in [0.3, 0.4) is 0 Å². The third kappa shape index (κ3) is 5.60. The molecule has 0 N–H and O–H groups in total. The van der Waals surface area contributed by atoms with Crippen LogP contribution in [0.5, 0.6) is 0 Å². The fourth-order valence-electron chi connectivity index (χ4n) is 0.283. The van der Waals surface area contributed by atoms with Crippen molar-refractivity contribution in [2.75, 3.05) is 13.6 Å². The molecule has 0 atom stereocenters. The average Bonchev–Trinajstić information content (AvgIpc) is 1.59. The minimum atomic E-state index is 0.291. The lowest BCUT2D eigenvalue weighted by Crippen LogP contribution is -2.08. The highest BCUT2D eigenvalue weighted by Crippen LogP contribution is 2.12. The molecule has 48 valence electrons. The normalized spacial score (nSPS) is 13.0. The van der Waals surface area contributed by atoms with Gasteiger partial charge in [-0.3, -0.25) is 0 Å². The van der Waals surface area contributed by atoms with Gasteiger partial charge in [-0.1, -0.05) is 20.8 Å². The summed E-state index contributed by atoms with van der Waals surface area (Å²) in [6.45, 7) is 7.24. The highest BCUT2D eigenvalue weighted by Gasteiger charge is 2.07. The van der Waals surface area contributed by atoms with Gasteiger partial charge in [0.2, 0.25) is 0 Å². The summed E-state index contributed by atoms with van der Waals surface area (Å²) in [7, 11) is 1.70. The number of hydrogen-bond acceptors (Lipinski definition) is 2. The predicted octanol–water partition coefficient (Wildman–Crippen LogP) is 2.11. The van der Waals surface area contributed by atoms with Crippen LogP contribution in [-0.4, -0.2) is 13.6 Å². The van der Waals surface area contributed by atoms with Crippen LogP contribution in [0.25, 0.3) is 0 Å². The smallest absolute Gasteiger partial charge is 0.0647 e. The van der Waals surface area contributed by atoms with E-state index in [1.807, 2.05) is 0 Å². The quantitative estimate of drug-likeness (QED) is 0.466. The van der Waals surface area contributed by atoms with E-state index in [4.69, 9.17) is 0 Å². The third-order valence-corrected chi connectivity index (χ3v) is 0.686. The van der Waals surface area contributed by atoms with Crippen molar-refractivity contribution in [3.63, 3.8) is 0 Å². The molecule has 0 rings (SSSR count). The highest BCUT2D eigenvalue weighted by molar-refractivity contribution is 4.61. The molecule has 0 amide bonds. The molecule has 0 spiro atoms. The van der Waals surface area contributed by atoms with Crippen molar-refractivity contribution in [2.24, 2.45) is 15.6 Å². The van der Waals surface area contributed by atoms with Gasteiger partial charge in [0.1, 0.15) is 0 Å². The number of hydrogen-bond donors (Lipinski definition) is 0. The summed E-state index contributed by atoms with van der Waals surface area (Å²) in [5.41, 5.74) is 0.291. The molecular formula is C6H14N2. The van der Waals surface area contributed by atoms with Crippen LogP contribution in [0.4, 0.5) is 0 Å². The molecule has 0 unspecified atom stereocenters. The second-order valence-electron chi connectivity index (χ2n) is 3.06. The first-order valence-electron chi connectivity index (χ1n) is 2.82. The Kier molecular flexibility index (Phi) is 2.66. The van der Waals surface area contributed by atoms with Gasteiger partial charge < -0.3 is 0 Å². The average molecular weight is 114 g/mol. The van der Waals surface area contributed by atoms with Gasteiger partial charge in [0.05, 0.1) is 6.54 Å². The molecule has 0 aromatic heterocycles. The molecule has 0 saturated heterocycles. The molecule has 0 bridgehead atoms. The summed E-state index contributed by atoms with van der Waals surface area (Å²) in [6, 6.07) is 0. The molecule has 0 aliphatic heterocycles. The Balaban J connectivity index is 3.39. The fourth-order valence-corrected chi connectivity index (χ4v) is 0.283. The molecule has 0 aromatic carbocycles. The molecule has 2 nitrogen and oxygen atoms in total. The summed E-state index contributed by atoms with van der Waals surface area (Å²) in [4.78, 5) is 0. The van der Waals surface area contributed by atoms with E-state index < -0.39 is 0 Å². The first-order chi connectivity index (χ1) is 3.56. The van der Waals surface area contributed by atoms with E-state index in [-0.39, 0.29) is 0 Å². The Hall–Kier alpha value is -0.400. The monoisotopic (exact) mass is 114 g/mol. The van der Waals surface area contributed by atoms with Gasteiger partial charge in [0.25, 0.3) is 0 Å². The van der Waals surface area contributed by atoms with Gasteiger partial charge in [0, 0.05) is 7.05 Å². The van der Waals surface area contributed by atoms with Crippen LogP contribution >= 0.6 is 0 Å². The second kappa shape index (κ2) is 2.80. The molecule has 0 aromatic rings. The van der Waals surface area contributed by atoms with E-state index in [2.05, 4.69) is 31.0 Å². The molecule has 0 fully saturated rings. The molecule has 8 heavy (non-hydrogen) atoms. The summed E-state index contributed by atoms with van der Waals surface area (Å²) < 4.78 is 0. The van der Waals surface area contributed by atoms with Gasteiger partial charge in [0.15, 0.2) is 0 Å². The molecular weight excluding hydrogens is 100 g/mol. The number of nitrogens with zero attached hydrogens (tertiary/aromatic N) is 2. The summed E-state index contributed by atoms with van der Waals surface area (Å²) >= 11 is 0. The van der Waals surface area contributed by atoms with E-state index in [0.29, 0.717) is 5.41 Å². The van der Waals surface area contributed by atoms with Crippen LogP contribution in [0.15, 0.2) is 10.2 Å². The van der Waals surface area contributed by atoms with Crippen LogP contribution < -0.4 is 0 Å². The zero-order valence-corrected chi connectivity index (χ0v) is 6.10. The van der Waals surface area contributed by atoms with Crippen molar-refractivity contribution in [1.82, 2.24) is 0 Å². The van der Waals surface area contributed by atoms with E-state index in [1.54, 1.807) is 7.05 Å². The maximum Gasteiger partial charge on any atom is 0.0647 e. The molecule has 2 heteroatoms. The molecule has 0 aliphatic rings. The van der Waals surface area contributed by atoms with E-state index >= 15 is 0 Å². The van der Waals surface area contributed by atoms with Crippen LogP contribution in [0, 0.1) is 5.41 Å². The third-order valence-electron chi connectivity index (χ3n) is 0.686. The van der Waals surface area contributed by atoms with Crippen molar-refractivity contribution < 1.29 is 0 Å². The summed E-state index contributed by atoms with van der Waals surface area (Å²) in [6.07, 6.45) is 0. The minimum absolute atomic E-state index is 0.291. The predicted molar refractivity (Wildman–Crippen MR) is 35.1 cm³/mol. The van der Waals surface area contributed by atoms with Crippen molar-refractivity contribution in [2.45, 2.75) is 20.8 Å². The maximum atomic E-state index is 3.87. The van der Waals surface area contributed by atoms with Crippen molar-refractivity contribution in [1.29, 1.82) is 0 Å².